The summed E-state index contributed by atoms with van der Waals surface area (Å²) in [5, 5.41) is 3.84. The van der Waals surface area contributed by atoms with Crippen molar-refractivity contribution in [1.29, 1.82) is 0 Å². The molecule has 2 aromatic heterocycles. The number of imidazole rings is 1. The van der Waals surface area contributed by atoms with E-state index in [2.05, 4.69) is 61.5 Å². The number of aromatic nitrogens is 4. The van der Waals surface area contributed by atoms with Gasteiger partial charge in [-0.1, -0.05) is 92.6 Å². The van der Waals surface area contributed by atoms with Gasteiger partial charge in [-0.05, 0) is 48.6 Å². The van der Waals surface area contributed by atoms with Gasteiger partial charge in [-0.25, -0.2) is 15.0 Å². The fourth-order valence-corrected chi connectivity index (χ4v) is 7.03. The zero-order valence-electron chi connectivity index (χ0n) is 27.5. The zero-order chi connectivity index (χ0) is 33.1. The molecule has 0 amide bonds. The number of fused-ring (bicyclic) bond motifs is 1. The SMILES string of the molecule is C#C[C@@]1(OC)[C@H](OCC)C(CC)(CC)O[C@H]1n1cnc2c(NC(c3ccccc3)(c3ccccc3)c3ccc(OC)cc3)ncnc21. The Morgan fingerprint density at radius 2 is 1.49 bits per heavy atom. The summed E-state index contributed by atoms with van der Waals surface area (Å²) in [5.41, 5.74) is 1.37. The van der Waals surface area contributed by atoms with Gasteiger partial charge < -0.3 is 24.3 Å². The van der Waals surface area contributed by atoms with Crippen molar-refractivity contribution in [3.63, 3.8) is 0 Å². The van der Waals surface area contributed by atoms with E-state index >= 15 is 0 Å². The molecule has 9 heteroatoms. The molecule has 3 heterocycles. The zero-order valence-corrected chi connectivity index (χ0v) is 27.5. The van der Waals surface area contributed by atoms with Crippen molar-refractivity contribution in [2.45, 2.75) is 62.7 Å². The van der Waals surface area contributed by atoms with Crippen molar-refractivity contribution >= 4 is 17.0 Å². The maximum absolute atomic E-state index is 6.87. The minimum absolute atomic E-state index is 0.461. The lowest BCUT2D eigenvalue weighted by Crippen LogP contribution is -2.52. The first-order valence-electron chi connectivity index (χ1n) is 16.0. The Kier molecular flexibility index (Phi) is 9.02. The Labute approximate surface area is 276 Å². The highest BCUT2D eigenvalue weighted by molar-refractivity contribution is 5.84. The summed E-state index contributed by atoms with van der Waals surface area (Å²) < 4.78 is 26.7. The third-order valence-electron chi connectivity index (χ3n) is 9.53. The smallest absolute Gasteiger partial charge is 0.202 e. The molecule has 3 aromatic carbocycles. The lowest BCUT2D eigenvalue weighted by Gasteiger charge is -2.37. The van der Waals surface area contributed by atoms with E-state index in [-0.39, 0.29) is 0 Å². The van der Waals surface area contributed by atoms with Crippen LogP contribution >= 0.6 is 0 Å². The van der Waals surface area contributed by atoms with Crippen molar-refractivity contribution < 1.29 is 18.9 Å². The average Bonchev–Trinajstić information content (AvgIpc) is 3.69. The summed E-state index contributed by atoms with van der Waals surface area (Å²) in [4.78, 5) is 14.3. The van der Waals surface area contributed by atoms with Crippen LogP contribution in [0.5, 0.6) is 5.75 Å². The summed E-state index contributed by atoms with van der Waals surface area (Å²) >= 11 is 0. The molecule has 3 atom stereocenters. The summed E-state index contributed by atoms with van der Waals surface area (Å²) in [6, 6.07) is 28.6. The van der Waals surface area contributed by atoms with Crippen molar-refractivity contribution in [2.75, 3.05) is 26.1 Å². The molecule has 1 saturated heterocycles. The second-order valence-electron chi connectivity index (χ2n) is 11.6. The predicted molar refractivity (Wildman–Crippen MR) is 182 cm³/mol. The van der Waals surface area contributed by atoms with E-state index in [1.54, 1.807) is 20.5 Å². The van der Waals surface area contributed by atoms with Crippen LogP contribution in [0.25, 0.3) is 11.2 Å². The molecular formula is C38H41N5O4. The highest BCUT2D eigenvalue weighted by Gasteiger charge is 2.64. The maximum Gasteiger partial charge on any atom is 0.202 e. The van der Waals surface area contributed by atoms with Crippen LogP contribution in [0.1, 0.15) is 56.5 Å². The summed E-state index contributed by atoms with van der Waals surface area (Å²) in [6.07, 6.45) is 9.61. The topological polar surface area (TPSA) is 92.6 Å². The second-order valence-corrected chi connectivity index (χ2v) is 11.6. The third-order valence-corrected chi connectivity index (χ3v) is 9.53. The Balaban J connectivity index is 1.54. The lowest BCUT2D eigenvalue weighted by atomic mass is 9.77. The van der Waals surface area contributed by atoms with E-state index in [0.29, 0.717) is 36.4 Å². The lowest BCUT2D eigenvalue weighted by molar-refractivity contribution is -0.119. The van der Waals surface area contributed by atoms with Crippen LogP contribution in [0.15, 0.2) is 97.6 Å². The van der Waals surface area contributed by atoms with Gasteiger partial charge in [-0.3, -0.25) is 4.57 Å². The Bertz CT molecular complexity index is 1790. The number of terminal acetylenes is 1. The molecule has 9 nitrogen and oxygen atoms in total. The van der Waals surface area contributed by atoms with E-state index in [9.17, 15) is 0 Å². The number of ether oxygens (including phenoxy) is 4. The molecule has 5 aromatic rings. The number of benzene rings is 3. The molecule has 47 heavy (non-hydrogen) atoms. The summed E-state index contributed by atoms with van der Waals surface area (Å²) in [7, 11) is 3.27. The highest BCUT2D eigenvalue weighted by atomic mass is 16.6. The Hall–Kier alpha value is -4.75. The first-order valence-corrected chi connectivity index (χ1v) is 16.0. The average molecular weight is 632 g/mol. The Morgan fingerprint density at radius 3 is 2.02 bits per heavy atom. The number of nitrogens with one attached hydrogen (secondary N) is 1. The number of methoxy groups -OCH3 is 2. The van der Waals surface area contributed by atoms with Crippen LogP contribution in [0.4, 0.5) is 5.82 Å². The summed E-state index contributed by atoms with van der Waals surface area (Å²) in [5.74, 6) is 4.23. The van der Waals surface area contributed by atoms with Crippen molar-refractivity contribution in [2.24, 2.45) is 0 Å². The fraction of sp³-hybridized carbons (Fsp3) is 0.342. The van der Waals surface area contributed by atoms with E-state index in [4.69, 9.17) is 40.3 Å². The maximum atomic E-state index is 6.87. The number of anilines is 1. The highest BCUT2D eigenvalue weighted by Crippen LogP contribution is 2.51. The van der Waals surface area contributed by atoms with Crippen LogP contribution in [-0.4, -0.2) is 57.7 Å². The van der Waals surface area contributed by atoms with Gasteiger partial charge in [0.25, 0.3) is 0 Å². The molecule has 0 spiro atoms. The molecule has 0 radical (unpaired) electrons. The molecular weight excluding hydrogens is 590 g/mol. The first-order chi connectivity index (χ1) is 23.0. The monoisotopic (exact) mass is 631 g/mol. The molecule has 1 aliphatic heterocycles. The number of rotatable bonds is 12. The van der Waals surface area contributed by atoms with Gasteiger partial charge in [0.15, 0.2) is 23.2 Å². The molecule has 0 unspecified atom stereocenters. The number of hydrogen-bond donors (Lipinski definition) is 1. The first kappa shape index (κ1) is 32.2. The van der Waals surface area contributed by atoms with Gasteiger partial charge in [0.05, 0.1) is 13.4 Å². The van der Waals surface area contributed by atoms with Gasteiger partial charge in [0, 0.05) is 13.7 Å². The predicted octanol–water partition coefficient (Wildman–Crippen LogP) is 6.75. The van der Waals surface area contributed by atoms with Crippen LogP contribution < -0.4 is 10.1 Å². The van der Waals surface area contributed by atoms with Crippen LogP contribution in [0, 0.1) is 12.3 Å². The van der Waals surface area contributed by atoms with Crippen molar-refractivity contribution in [1.82, 2.24) is 19.5 Å². The van der Waals surface area contributed by atoms with E-state index in [1.807, 2.05) is 60.0 Å². The van der Waals surface area contributed by atoms with Crippen LogP contribution in [0.3, 0.4) is 0 Å². The molecule has 0 bridgehead atoms. The van der Waals surface area contributed by atoms with E-state index in [0.717, 1.165) is 22.4 Å². The second kappa shape index (κ2) is 13.2. The van der Waals surface area contributed by atoms with E-state index < -0.39 is 29.1 Å². The molecule has 1 fully saturated rings. The third kappa shape index (κ3) is 5.13. The number of nitrogens with zero attached hydrogens (tertiary/aromatic N) is 4. The standard InChI is InChI=1S/C38H41N5O4/c1-7-36(8-2)34(46-10-4)37(9-3,45-6)35(47-36)43-26-41-31-32(39-25-40-33(31)43)42-38(27-17-13-11-14-18-27,28-19-15-12-16-20-28)29-21-23-30(44-5)24-22-29/h3,11-26,34-35H,7-8,10H2,1-2,4-6H3,(H,39,40,42)/t34-,35-,37-/m1/s1. The number of hydrogen-bond acceptors (Lipinski definition) is 8. The quantitative estimate of drug-likeness (QED) is 0.119. The molecule has 0 aliphatic carbocycles. The molecule has 0 saturated carbocycles. The normalized spacial score (nSPS) is 20.6. The largest absolute Gasteiger partial charge is 0.497 e. The molecule has 242 valence electrons. The minimum Gasteiger partial charge on any atom is -0.497 e. The van der Waals surface area contributed by atoms with Gasteiger partial charge in [-0.15, -0.1) is 6.42 Å². The van der Waals surface area contributed by atoms with Gasteiger partial charge in [-0.2, -0.15) is 0 Å². The minimum atomic E-state index is -1.23. The molecule has 1 aliphatic rings. The van der Waals surface area contributed by atoms with E-state index in [1.165, 1.54) is 6.33 Å². The van der Waals surface area contributed by atoms with Crippen LogP contribution in [0.2, 0.25) is 0 Å². The summed E-state index contributed by atoms with van der Waals surface area (Å²) in [6.45, 7) is 6.57. The van der Waals surface area contributed by atoms with Gasteiger partial charge in [0.1, 0.15) is 29.3 Å². The van der Waals surface area contributed by atoms with Crippen LogP contribution in [-0.2, 0) is 19.7 Å². The Morgan fingerprint density at radius 1 is 0.872 bits per heavy atom. The van der Waals surface area contributed by atoms with Crippen molar-refractivity contribution in [3.05, 3.63) is 114 Å². The molecule has 6 rings (SSSR count). The van der Waals surface area contributed by atoms with Crippen molar-refractivity contribution in [3.8, 4) is 18.1 Å². The molecule has 1 N–H and O–H groups in total. The fourth-order valence-electron chi connectivity index (χ4n) is 7.03. The van der Waals surface area contributed by atoms with Gasteiger partial charge >= 0.3 is 0 Å². The van der Waals surface area contributed by atoms with Gasteiger partial charge in [0.2, 0.25) is 5.60 Å².